The Morgan fingerprint density at radius 2 is 1.68 bits per heavy atom. The molecule has 114 valence electrons. The lowest BCUT2D eigenvalue weighted by molar-refractivity contribution is -0.121. The van der Waals surface area contributed by atoms with E-state index in [1.54, 1.807) is 13.8 Å². The molecule has 0 aliphatic carbocycles. The van der Waals surface area contributed by atoms with Gasteiger partial charge in [0, 0.05) is 13.0 Å². The molecule has 1 amide bonds. The van der Waals surface area contributed by atoms with Gasteiger partial charge in [-0.2, -0.15) is 0 Å². The van der Waals surface area contributed by atoms with E-state index >= 15 is 0 Å². The van der Waals surface area contributed by atoms with Crippen LogP contribution in [0.15, 0.2) is 0 Å². The molecule has 0 aliphatic rings. The van der Waals surface area contributed by atoms with Gasteiger partial charge in [0.25, 0.3) is 0 Å². The van der Waals surface area contributed by atoms with Crippen molar-refractivity contribution in [3.8, 4) is 0 Å². The smallest absolute Gasteiger partial charge is 0.332 e. The van der Waals surface area contributed by atoms with Crippen molar-refractivity contribution in [1.82, 2.24) is 5.32 Å². The van der Waals surface area contributed by atoms with Crippen molar-refractivity contribution in [2.45, 2.75) is 52.9 Å². The standard InChI is InChI=1S/C13H28NO4P/c1-4-7-8-9-10-13(15)14-11-12-19(16,17-5-2)18-6-3/h4-12H2,1-3H3,(H,14,15). The lowest BCUT2D eigenvalue weighted by Crippen LogP contribution is -2.26. The molecule has 0 fully saturated rings. The first-order valence-corrected chi connectivity index (χ1v) is 8.95. The highest BCUT2D eigenvalue weighted by Crippen LogP contribution is 2.47. The van der Waals surface area contributed by atoms with E-state index in [4.69, 9.17) is 9.05 Å². The van der Waals surface area contributed by atoms with E-state index < -0.39 is 7.60 Å². The average Bonchev–Trinajstić information content (AvgIpc) is 2.35. The molecule has 0 aromatic rings. The van der Waals surface area contributed by atoms with Gasteiger partial charge >= 0.3 is 7.60 Å². The van der Waals surface area contributed by atoms with Gasteiger partial charge in [-0.05, 0) is 20.3 Å². The second-order valence-corrected chi connectivity index (χ2v) is 6.52. The zero-order chi connectivity index (χ0) is 14.6. The van der Waals surface area contributed by atoms with Crippen LogP contribution in [0, 0.1) is 0 Å². The molecule has 6 heteroatoms. The fourth-order valence-electron chi connectivity index (χ4n) is 1.69. The van der Waals surface area contributed by atoms with Crippen molar-refractivity contribution in [1.29, 1.82) is 0 Å². The molecule has 0 aromatic carbocycles. The van der Waals surface area contributed by atoms with Crippen molar-refractivity contribution in [2.24, 2.45) is 0 Å². The lowest BCUT2D eigenvalue weighted by Gasteiger charge is -2.17. The van der Waals surface area contributed by atoms with Gasteiger partial charge in [0.15, 0.2) is 0 Å². The van der Waals surface area contributed by atoms with Gasteiger partial charge in [0.05, 0.1) is 19.4 Å². The Labute approximate surface area is 117 Å². The van der Waals surface area contributed by atoms with Crippen molar-refractivity contribution in [3.05, 3.63) is 0 Å². The summed E-state index contributed by atoms with van der Waals surface area (Å²) in [7, 11) is -3.03. The van der Waals surface area contributed by atoms with E-state index in [9.17, 15) is 9.36 Å². The van der Waals surface area contributed by atoms with Crippen LogP contribution in [-0.4, -0.2) is 31.8 Å². The van der Waals surface area contributed by atoms with E-state index in [2.05, 4.69) is 12.2 Å². The lowest BCUT2D eigenvalue weighted by atomic mass is 10.1. The number of nitrogens with one attached hydrogen (secondary N) is 1. The van der Waals surface area contributed by atoms with Crippen LogP contribution in [-0.2, 0) is 18.4 Å². The first kappa shape index (κ1) is 18.6. The Morgan fingerprint density at radius 3 is 2.21 bits per heavy atom. The first-order chi connectivity index (χ1) is 9.08. The maximum Gasteiger partial charge on any atom is 0.332 e. The predicted molar refractivity (Wildman–Crippen MR) is 77.5 cm³/mol. The van der Waals surface area contributed by atoms with Crippen LogP contribution in [0.4, 0.5) is 0 Å². The molecule has 0 bridgehead atoms. The molecule has 19 heavy (non-hydrogen) atoms. The highest BCUT2D eigenvalue weighted by atomic mass is 31.2. The maximum atomic E-state index is 12.1. The van der Waals surface area contributed by atoms with Crippen LogP contribution in [0.5, 0.6) is 0 Å². The molecule has 0 aromatic heterocycles. The molecule has 0 unspecified atom stereocenters. The summed E-state index contributed by atoms with van der Waals surface area (Å²) in [6.45, 7) is 6.73. The first-order valence-electron chi connectivity index (χ1n) is 7.22. The van der Waals surface area contributed by atoms with Gasteiger partial charge in [0.2, 0.25) is 5.91 Å². The van der Waals surface area contributed by atoms with Crippen LogP contribution in [0.3, 0.4) is 0 Å². The minimum Gasteiger partial charge on any atom is -0.355 e. The topological polar surface area (TPSA) is 64.6 Å². The number of rotatable bonds is 12. The third-order valence-corrected chi connectivity index (χ3v) is 4.69. The zero-order valence-corrected chi connectivity index (χ0v) is 13.3. The highest BCUT2D eigenvalue weighted by molar-refractivity contribution is 7.53. The average molecular weight is 293 g/mol. The van der Waals surface area contributed by atoms with Crippen LogP contribution in [0.2, 0.25) is 0 Å². The number of hydrogen-bond acceptors (Lipinski definition) is 4. The minimum atomic E-state index is -3.03. The second-order valence-electron chi connectivity index (χ2n) is 4.33. The quantitative estimate of drug-likeness (QED) is 0.443. The largest absolute Gasteiger partial charge is 0.355 e. The van der Waals surface area contributed by atoms with Crippen molar-refractivity contribution in [3.63, 3.8) is 0 Å². The number of carbonyl (C=O) groups is 1. The summed E-state index contributed by atoms with van der Waals surface area (Å²) in [5.41, 5.74) is 0. The molecule has 0 atom stereocenters. The summed E-state index contributed by atoms with van der Waals surface area (Å²) in [6, 6.07) is 0. The predicted octanol–water partition coefficient (Wildman–Crippen LogP) is 3.34. The van der Waals surface area contributed by atoms with Crippen LogP contribution >= 0.6 is 7.60 Å². The highest BCUT2D eigenvalue weighted by Gasteiger charge is 2.22. The van der Waals surface area contributed by atoms with Crippen LogP contribution < -0.4 is 5.32 Å². The Balaban J connectivity index is 3.80. The summed E-state index contributed by atoms with van der Waals surface area (Å²) in [4.78, 5) is 11.5. The van der Waals surface area contributed by atoms with Crippen molar-refractivity contribution < 1.29 is 18.4 Å². The Bertz CT molecular complexity index is 274. The van der Waals surface area contributed by atoms with Crippen LogP contribution in [0.25, 0.3) is 0 Å². The van der Waals surface area contributed by atoms with E-state index in [1.165, 1.54) is 0 Å². The number of carbonyl (C=O) groups excluding carboxylic acids is 1. The zero-order valence-electron chi connectivity index (χ0n) is 12.4. The minimum absolute atomic E-state index is 0.00986. The monoisotopic (exact) mass is 293 g/mol. The molecule has 5 nitrogen and oxygen atoms in total. The van der Waals surface area contributed by atoms with Gasteiger partial charge in [-0.3, -0.25) is 9.36 Å². The maximum absolute atomic E-state index is 12.1. The van der Waals surface area contributed by atoms with Crippen molar-refractivity contribution >= 4 is 13.5 Å². The molecule has 0 heterocycles. The van der Waals surface area contributed by atoms with Gasteiger partial charge in [-0.15, -0.1) is 0 Å². The molecule has 0 saturated carbocycles. The van der Waals surface area contributed by atoms with E-state index in [1.807, 2.05) is 0 Å². The van der Waals surface area contributed by atoms with Gasteiger partial charge in [0.1, 0.15) is 0 Å². The van der Waals surface area contributed by atoms with Gasteiger partial charge in [-0.25, -0.2) is 0 Å². The Kier molecular flexibility index (Phi) is 11.2. The van der Waals surface area contributed by atoms with E-state index in [-0.39, 0.29) is 12.1 Å². The Morgan fingerprint density at radius 1 is 1.05 bits per heavy atom. The molecule has 0 radical (unpaired) electrons. The van der Waals surface area contributed by atoms with E-state index in [0.29, 0.717) is 26.2 Å². The summed E-state index contributed by atoms with van der Waals surface area (Å²) in [5, 5.41) is 2.76. The SMILES string of the molecule is CCCCCCC(=O)NCCP(=O)(OCC)OCC. The van der Waals surface area contributed by atoms with E-state index in [0.717, 1.165) is 25.7 Å². The molecule has 0 saturated heterocycles. The molecule has 1 N–H and O–H groups in total. The second kappa shape index (κ2) is 11.4. The van der Waals surface area contributed by atoms with Gasteiger partial charge in [-0.1, -0.05) is 26.2 Å². The normalized spacial score (nSPS) is 11.5. The van der Waals surface area contributed by atoms with Crippen LogP contribution in [0.1, 0.15) is 52.9 Å². The molecular weight excluding hydrogens is 265 g/mol. The summed E-state index contributed by atoms with van der Waals surface area (Å²) in [6.07, 6.45) is 5.09. The third kappa shape index (κ3) is 10.1. The fourth-order valence-corrected chi connectivity index (χ4v) is 3.20. The summed E-state index contributed by atoms with van der Waals surface area (Å²) >= 11 is 0. The molecule has 0 aliphatic heterocycles. The number of hydrogen-bond donors (Lipinski definition) is 1. The number of unbranched alkanes of at least 4 members (excludes halogenated alkanes) is 3. The number of amides is 1. The fraction of sp³-hybridized carbons (Fsp3) is 0.923. The third-order valence-electron chi connectivity index (χ3n) is 2.62. The molecule has 0 rings (SSSR count). The van der Waals surface area contributed by atoms with Gasteiger partial charge < -0.3 is 14.4 Å². The van der Waals surface area contributed by atoms with Crippen molar-refractivity contribution in [2.75, 3.05) is 25.9 Å². The molecular formula is C13H28NO4P. The molecule has 0 spiro atoms. The summed E-state index contributed by atoms with van der Waals surface area (Å²) in [5.74, 6) is 0.00986. The summed E-state index contributed by atoms with van der Waals surface area (Å²) < 4.78 is 22.4. The Hall–Kier alpha value is -0.380.